The van der Waals surface area contributed by atoms with E-state index in [1.54, 1.807) is 0 Å². The molecular formula is C20H31N3O2. The molecule has 5 heteroatoms. The van der Waals surface area contributed by atoms with Crippen molar-refractivity contribution in [2.45, 2.75) is 52.6 Å². The van der Waals surface area contributed by atoms with Crippen LogP contribution in [-0.2, 0) is 16.0 Å². The van der Waals surface area contributed by atoms with Crippen LogP contribution >= 0.6 is 0 Å². The number of nitrogens with zero attached hydrogens (tertiary/aromatic N) is 2. The summed E-state index contributed by atoms with van der Waals surface area (Å²) < 4.78 is 0. The Morgan fingerprint density at radius 1 is 1.20 bits per heavy atom. The average molecular weight is 345 g/mol. The van der Waals surface area contributed by atoms with E-state index in [4.69, 9.17) is 0 Å². The molecular weight excluding hydrogens is 314 g/mol. The van der Waals surface area contributed by atoms with E-state index in [0.717, 1.165) is 25.2 Å². The zero-order valence-corrected chi connectivity index (χ0v) is 16.1. The minimum atomic E-state index is -0.133. The summed E-state index contributed by atoms with van der Waals surface area (Å²) in [6.07, 6.45) is 1.07. The van der Waals surface area contributed by atoms with Gasteiger partial charge in [-0.25, -0.2) is 0 Å². The predicted octanol–water partition coefficient (Wildman–Crippen LogP) is 1.90. The quantitative estimate of drug-likeness (QED) is 0.857. The number of carbonyl (C=O) groups is 2. The third kappa shape index (κ3) is 4.82. The Bertz CT molecular complexity index is 625. The van der Waals surface area contributed by atoms with Crippen molar-refractivity contribution in [1.29, 1.82) is 0 Å². The zero-order valence-electron chi connectivity index (χ0n) is 16.1. The molecule has 1 saturated heterocycles. The van der Waals surface area contributed by atoms with Gasteiger partial charge in [-0.1, -0.05) is 18.2 Å². The van der Waals surface area contributed by atoms with Gasteiger partial charge in [-0.05, 0) is 57.9 Å². The van der Waals surface area contributed by atoms with Crippen LogP contribution in [0.5, 0.6) is 0 Å². The average Bonchev–Trinajstić information content (AvgIpc) is 2.92. The molecule has 0 spiro atoms. The maximum Gasteiger partial charge on any atom is 0.239 e. The maximum absolute atomic E-state index is 12.6. The lowest BCUT2D eigenvalue weighted by Gasteiger charge is -2.26. The highest BCUT2D eigenvalue weighted by atomic mass is 16.2. The Kier molecular flexibility index (Phi) is 6.59. The highest BCUT2D eigenvalue weighted by molar-refractivity contribution is 5.83. The number of likely N-dealkylation sites (tertiary alicyclic amines) is 1. The molecule has 0 unspecified atom stereocenters. The normalized spacial score (nSPS) is 20.5. The number of benzene rings is 1. The van der Waals surface area contributed by atoms with E-state index in [1.165, 1.54) is 11.1 Å². The Hall–Kier alpha value is -1.88. The fourth-order valence-corrected chi connectivity index (χ4v) is 3.52. The lowest BCUT2D eigenvalue weighted by molar-refractivity contribution is -0.135. The summed E-state index contributed by atoms with van der Waals surface area (Å²) >= 11 is 0. The minimum Gasteiger partial charge on any atom is -0.352 e. The number of carbonyl (C=O) groups excluding carboxylic acids is 2. The summed E-state index contributed by atoms with van der Waals surface area (Å²) in [7, 11) is 1.96. The SMILES string of the molecule is CCN(CC)C(=O)[C@@H]1C[C@@H](NC(=O)Cc2ccc(C)c(C)c2)CN1C. The molecule has 2 amide bonds. The van der Waals surface area contributed by atoms with Crippen LogP contribution < -0.4 is 5.32 Å². The Balaban J connectivity index is 1.91. The number of rotatable bonds is 6. The monoisotopic (exact) mass is 345 g/mol. The van der Waals surface area contributed by atoms with Crippen LogP contribution in [0, 0.1) is 13.8 Å². The first-order chi connectivity index (χ1) is 11.8. The number of likely N-dealkylation sites (N-methyl/N-ethyl adjacent to an activating group) is 2. The van der Waals surface area contributed by atoms with Crippen LogP contribution in [0.25, 0.3) is 0 Å². The number of hydrogen-bond donors (Lipinski definition) is 1. The van der Waals surface area contributed by atoms with Crippen LogP contribution in [0.3, 0.4) is 0 Å². The molecule has 0 radical (unpaired) electrons. The van der Waals surface area contributed by atoms with Gasteiger partial charge < -0.3 is 10.2 Å². The summed E-state index contributed by atoms with van der Waals surface area (Å²) in [5, 5.41) is 3.10. The van der Waals surface area contributed by atoms with E-state index in [1.807, 2.05) is 31.9 Å². The lowest BCUT2D eigenvalue weighted by atomic mass is 10.0. The molecule has 1 aliphatic heterocycles. The zero-order chi connectivity index (χ0) is 18.6. The molecule has 1 aliphatic rings. The molecule has 0 bridgehead atoms. The second-order valence-electron chi connectivity index (χ2n) is 7.06. The minimum absolute atomic E-state index is 0.0255. The number of hydrogen-bond acceptors (Lipinski definition) is 3. The number of nitrogens with one attached hydrogen (secondary N) is 1. The first-order valence-electron chi connectivity index (χ1n) is 9.20. The van der Waals surface area contributed by atoms with Crippen molar-refractivity contribution in [3.05, 3.63) is 34.9 Å². The molecule has 138 valence electrons. The van der Waals surface area contributed by atoms with E-state index in [0.29, 0.717) is 12.8 Å². The Labute approximate surface area is 151 Å². The molecule has 1 aromatic carbocycles. The lowest BCUT2D eigenvalue weighted by Crippen LogP contribution is -2.44. The van der Waals surface area contributed by atoms with E-state index in [9.17, 15) is 9.59 Å². The van der Waals surface area contributed by atoms with E-state index in [-0.39, 0.29) is 23.9 Å². The van der Waals surface area contributed by atoms with E-state index in [2.05, 4.69) is 36.2 Å². The van der Waals surface area contributed by atoms with Crippen molar-refractivity contribution in [1.82, 2.24) is 15.1 Å². The van der Waals surface area contributed by atoms with Gasteiger partial charge in [-0.15, -0.1) is 0 Å². The second kappa shape index (κ2) is 8.48. The van der Waals surface area contributed by atoms with Gasteiger partial charge in [0.1, 0.15) is 0 Å². The van der Waals surface area contributed by atoms with Gasteiger partial charge in [0, 0.05) is 25.7 Å². The van der Waals surface area contributed by atoms with Gasteiger partial charge in [0.15, 0.2) is 0 Å². The maximum atomic E-state index is 12.6. The van der Waals surface area contributed by atoms with Gasteiger partial charge in [0.2, 0.25) is 11.8 Å². The molecule has 1 fully saturated rings. The Morgan fingerprint density at radius 2 is 1.88 bits per heavy atom. The summed E-state index contributed by atoms with van der Waals surface area (Å²) in [5.74, 6) is 0.191. The Morgan fingerprint density at radius 3 is 2.48 bits per heavy atom. The summed E-state index contributed by atoms with van der Waals surface area (Å²) in [5.41, 5.74) is 3.47. The van der Waals surface area contributed by atoms with Gasteiger partial charge in [-0.2, -0.15) is 0 Å². The van der Waals surface area contributed by atoms with Crippen LogP contribution in [0.15, 0.2) is 18.2 Å². The third-order valence-electron chi connectivity index (χ3n) is 5.21. The molecule has 2 rings (SSSR count). The molecule has 1 heterocycles. The van der Waals surface area contributed by atoms with E-state index < -0.39 is 0 Å². The predicted molar refractivity (Wildman–Crippen MR) is 101 cm³/mol. The molecule has 0 saturated carbocycles. The van der Waals surface area contributed by atoms with Crippen LogP contribution in [-0.4, -0.2) is 60.4 Å². The van der Waals surface area contributed by atoms with E-state index >= 15 is 0 Å². The van der Waals surface area contributed by atoms with Crippen molar-refractivity contribution < 1.29 is 9.59 Å². The third-order valence-corrected chi connectivity index (χ3v) is 5.21. The molecule has 25 heavy (non-hydrogen) atoms. The molecule has 1 aromatic rings. The highest BCUT2D eigenvalue weighted by Crippen LogP contribution is 2.18. The smallest absolute Gasteiger partial charge is 0.239 e. The summed E-state index contributed by atoms with van der Waals surface area (Å²) in [6, 6.07) is 6.04. The number of aryl methyl sites for hydroxylation is 2. The van der Waals surface area contributed by atoms with Crippen molar-refractivity contribution in [3.63, 3.8) is 0 Å². The number of amides is 2. The van der Waals surface area contributed by atoms with Gasteiger partial charge in [0.05, 0.1) is 12.5 Å². The van der Waals surface area contributed by atoms with Crippen LogP contribution in [0.1, 0.15) is 37.0 Å². The molecule has 1 N–H and O–H groups in total. The van der Waals surface area contributed by atoms with Crippen molar-refractivity contribution >= 4 is 11.8 Å². The van der Waals surface area contributed by atoms with Crippen molar-refractivity contribution in [2.24, 2.45) is 0 Å². The second-order valence-corrected chi connectivity index (χ2v) is 7.06. The fraction of sp³-hybridized carbons (Fsp3) is 0.600. The van der Waals surface area contributed by atoms with Crippen LogP contribution in [0.4, 0.5) is 0 Å². The van der Waals surface area contributed by atoms with Crippen molar-refractivity contribution in [2.75, 3.05) is 26.7 Å². The summed E-state index contributed by atoms with van der Waals surface area (Å²) in [4.78, 5) is 28.9. The highest BCUT2D eigenvalue weighted by Gasteiger charge is 2.36. The van der Waals surface area contributed by atoms with Gasteiger partial charge in [-0.3, -0.25) is 14.5 Å². The van der Waals surface area contributed by atoms with Crippen LogP contribution in [0.2, 0.25) is 0 Å². The first kappa shape index (κ1) is 19.4. The topological polar surface area (TPSA) is 52.7 Å². The standard InChI is InChI=1S/C20H31N3O2/c1-6-23(7-2)20(25)18-12-17(13-22(18)5)21-19(24)11-16-9-8-14(3)15(4)10-16/h8-10,17-18H,6-7,11-13H2,1-5H3,(H,21,24)/t17-,18+/m1/s1. The van der Waals surface area contributed by atoms with Gasteiger partial charge >= 0.3 is 0 Å². The molecule has 0 aliphatic carbocycles. The molecule has 2 atom stereocenters. The largest absolute Gasteiger partial charge is 0.352 e. The fourth-order valence-electron chi connectivity index (χ4n) is 3.52. The first-order valence-corrected chi connectivity index (χ1v) is 9.20. The van der Waals surface area contributed by atoms with Crippen molar-refractivity contribution in [3.8, 4) is 0 Å². The molecule has 0 aromatic heterocycles. The molecule has 5 nitrogen and oxygen atoms in total. The summed E-state index contributed by atoms with van der Waals surface area (Å²) in [6.45, 7) is 10.3. The van der Waals surface area contributed by atoms with Gasteiger partial charge in [0.25, 0.3) is 0 Å².